The molecule has 12 heavy (non-hydrogen) atoms. The van der Waals surface area contributed by atoms with E-state index in [1.807, 2.05) is 0 Å². The Morgan fingerprint density at radius 2 is 2.00 bits per heavy atom. The molecule has 2 nitrogen and oxygen atoms in total. The Hall–Kier alpha value is -1.28. The van der Waals surface area contributed by atoms with Gasteiger partial charge in [0.1, 0.15) is 0 Å². The summed E-state index contributed by atoms with van der Waals surface area (Å²) in [6, 6.07) is 6.64. The molecule has 0 unspecified atom stereocenters. The second-order valence-electron chi connectivity index (χ2n) is 2.18. The van der Waals surface area contributed by atoms with E-state index in [9.17, 15) is 4.79 Å². The molecule has 0 saturated carbocycles. The average molecular weight is 182 g/mol. The molecular formula is C9H8ClNO. The number of rotatable bonds is 2. The number of amides is 1. The van der Waals surface area contributed by atoms with Gasteiger partial charge in [-0.1, -0.05) is 18.2 Å². The minimum absolute atomic E-state index is 0.179. The molecule has 1 N–H and O–H groups in total. The van der Waals surface area contributed by atoms with Crippen molar-refractivity contribution in [2.24, 2.45) is 0 Å². The van der Waals surface area contributed by atoms with Crippen LogP contribution >= 0.6 is 11.6 Å². The largest absolute Gasteiger partial charge is 0.329 e. The first kappa shape index (κ1) is 8.81. The molecule has 0 aliphatic carbocycles. The molecular weight excluding hydrogens is 174 g/mol. The summed E-state index contributed by atoms with van der Waals surface area (Å²) in [7, 11) is 0. The fraction of sp³-hybridized carbons (Fsp3) is 0. The van der Waals surface area contributed by atoms with Crippen LogP contribution in [0, 0.1) is 0 Å². The van der Waals surface area contributed by atoms with E-state index < -0.39 is 0 Å². The summed E-state index contributed by atoms with van der Waals surface area (Å²) in [5.41, 5.74) is 0.569. The van der Waals surface area contributed by atoms with Crippen LogP contribution < -0.4 is 5.32 Å². The quantitative estimate of drug-likeness (QED) is 0.745. The van der Waals surface area contributed by atoms with Crippen molar-refractivity contribution < 1.29 is 4.79 Å². The van der Waals surface area contributed by atoms with Gasteiger partial charge in [-0.3, -0.25) is 4.79 Å². The van der Waals surface area contributed by atoms with Crippen molar-refractivity contribution in [3.05, 3.63) is 47.6 Å². The molecule has 1 aromatic carbocycles. The van der Waals surface area contributed by atoms with Crippen LogP contribution in [0.25, 0.3) is 0 Å². The summed E-state index contributed by atoms with van der Waals surface area (Å²) in [6.45, 7) is 3.39. The van der Waals surface area contributed by atoms with E-state index >= 15 is 0 Å². The van der Waals surface area contributed by atoms with Gasteiger partial charge in [0.15, 0.2) is 0 Å². The van der Waals surface area contributed by atoms with Crippen LogP contribution in [0.5, 0.6) is 0 Å². The summed E-state index contributed by atoms with van der Waals surface area (Å²) in [5.74, 6) is -0.179. The highest BCUT2D eigenvalue weighted by molar-refractivity contribution is 6.30. The Morgan fingerprint density at radius 1 is 1.42 bits per heavy atom. The summed E-state index contributed by atoms with van der Waals surface area (Å²) >= 11 is 5.64. The Morgan fingerprint density at radius 3 is 2.50 bits per heavy atom. The van der Waals surface area contributed by atoms with Crippen LogP contribution in [0.4, 0.5) is 0 Å². The van der Waals surface area contributed by atoms with Gasteiger partial charge in [0.25, 0.3) is 5.91 Å². The number of halogens is 1. The number of carbonyl (C=O) groups excluding carboxylic acids is 1. The van der Waals surface area contributed by atoms with E-state index in [2.05, 4.69) is 11.9 Å². The average Bonchev–Trinajstić information content (AvgIpc) is 2.06. The first-order chi connectivity index (χ1) is 5.74. The molecule has 0 aliphatic heterocycles. The van der Waals surface area contributed by atoms with Crippen molar-refractivity contribution in [1.82, 2.24) is 5.32 Å². The molecule has 0 saturated heterocycles. The highest BCUT2D eigenvalue weighted by Gasteiger charge is 2.00. The second-order valence-corrected chi connectivity index (χ2v) is 2.62. The molecule has 1 aromatic rings. The smallest absolute Gasteiger partial charge is 0.255 e. The van der Waals surface area contributed by atoms with Crippen molar-refractivity contribution in [3.8, 4) is 0 Å². The van der Waals surface area contributed by atoms with Crippen LogP contribution in [0.1, 0.15) is 10.4 Å². The minimum Gasteiger partial charge on any atom is -0.329 e. The Kier molecular flexibility index (Phi) is 2.88. The third-order valence-electron chi connectivity index (χ3n) is 1.34. The monoisotopic (exact) mass is 181 g/mol. The molecule has 1 amide bonds. The summed E-state index contributed by atoms with van der Waals surface area (Å²) in [4.78, 5) is 11.1. The lowest BCUT2D eigenvalue weighted by molar-refractivity contribution is 0.0970. The lowest BCUT2D eigenvalue weighted by Crippen LogP contribution is -2.16. The fourth-order valence-electron chi connectivity index (χ4n) is 0.777. The molecule has 1 rings (SSSR count). The van der Waals surface area contributed by atoms with Crippen LogP contribution in [0.3, 0.4) is 0 Å². The highest BCUT2D eigenvalue weighted by atomic mass is 35.5. The Bertz CT molecular complexity index is 292. The van der Waals surface area contributed by atoms with Crippen molar-refractivity contribution in [2.75, 3.05) is 0 Å². The zero-order valence-electron chi connectivity index (χ0n) is 6.38. The van der Waals surface area contributed by atoms with E-state index in [1.165, 1.54) is 6.20 Å². The molecule has 0 fully saturated rings. The Balaban J connectivity index is 2.82. The third kappa shape index (κ3) is 2.10. The standard InChI is InChI=1S/C9H8ClNO/c1-2-11-9(12)7-3-5-8(10)6-4-7/h2-6H,1H2,(H,11,12). The first-order valence-corrected chi connectivity index (χ1v) is 3.79. The van der Waals surface area contributed by atoms with Gasteiger partial charge in [0.2, 0.25) is 0 Å². The van der Waals surface area contributed by atoms with Crippen LogP contribution in [-0.4, -0.2) is 5.91 Å². The molecule has 0 radical (unpaired) electrons. The molecule has 0 heterocycles. The topological polar surface area (TPSA) is 29.1 Å². The lowest BCUT2D eigenvalue weighted by atomic mass is 10.2. The number of benzene rings is 1. The van der Waals surface area contributed by atoms with Gasteiger partial charge >= 0.3 is 0 Å². The molecule has 0 bridgehead atoms. The predicted octanol–water partition coefficient (Wildman–Crippen LogP) is 2.21. The highest BCUT2D eigenvalue weighted by Crippen LogP contribution is 2.08. The van der Waals surface area contributed by atoms with Gasteiger partial charge in [0.05, 0.1) is 0 Å². The van der Waals surface area contributed by atoms with E-state index in [1.54, 1.807) is 24.3 Å². The third-order valence-corrected chi connectivity index (χ3v) is 1.59. The van der Waals surface area contributed by atoms with E-state index in [-0.39, 0.29) is 5.91 Å². The van der Waals surface area contributed by atoms with E-state index in [0.717, 1.165) is 0 Å². The normalized spacial score (nSPS) is 9.08. The van der Waals surface area contributed by atoms with Gasteiger partial charge in [0, 0.05) is 10.6 Å². The number of carbonyl (C=O) groups is 1. The summed E-state index contributed by atoms with van der Waals surface area (Å²) < 4.78 is 0. The van der Waals surface area contributed by atoms with Gasteiger partial charge in [-0.15, -0.1) is 0 Å². The Labute approximate surface area is 75.9 Å². The zero-order chi connectivity index (χ0) is 8.97. The number of hydrogen-bond acceptors (Lipinski definition) is 1. The predicted molar refractivity (Wildman–Crippen MR) is 49.1 cm³/mol. The second kappa shape index (κ2) is 3.93. The lowest BCUT2D eigenvalue weighted by Gasteiger charge is -1.98. The zero-order valence-corrected chi connectivity index (χ0v) is 7.14. The van der Waals surface area contributed by atoms with Crippen molar-refractivity contribution in [3.63, 3.8) is 0 Å². The number of hydrogen-bond donors (Lipinski definition) is 1. The maximum atomic E-state index is 11.1. The minimum atomic E-state index is -0.179. The summed E-state index contributed by atoms with van der Waals surface area (Å²) in [6.07, 6.45) is 1.34. The van der Waals surface area contributed by atoms with Gasteiger partial charge in [-0.25, -0.2) is 0 Å². The van der Waals surface area contributed by atoms with Gasteiger partial charge in [-0.05, 0) is 30.5 Å². The fourth-order valence-corrected chi connectivity index (χ4v) is 0.903. The van der Waals surface area contributed by atoms with Crippen molar-refractivity contribution >= 4 is 17.5 Å². The molecule has 0 aromatic heterocycles. The number of nitrogens with one attached hydrogen (secondary N) is 1. The molecule has 0 atom stereocenters. The molecule has 62 valence electrons. The van der Waals surface area contributed by atoms with Crippen molar-refractivity contribution in [2.45, 2.75) is 0 Å². The van der Waals surface area contributed by atoms with Gasteiger partial charge in [-0.2, -0.15) is 0 Å². The van der Waals surface area contributed by atoms with Crippen molar-refractivity contribution in [1.29, 1.82) is 0 Å². The van der Waals surface area contributed by atoms with E-state index in [4.69, 9.17) is 11.6 Å². The molecule has 3 heteroatoms. The first-order valence-electron chi connectivity index (χ1n) is 3.41. The maximum Gasteiger partial charge on any atom is 0.255 e. The molecule has 0 aliphatic rings. The van der Waals surface area contributed by atoms with Gasteiger partial charge < -0.3 is 5.32 Å². The van der Waals surface area contributed by atoms with Crippen LogP contribution in [0.2, 0.25) is 5.02 Å². The van der Waals surface area contributed by atoms with Crippen LogP contribution in [-0.2, 0) is 0 Å². The molecule has 0 spiro atoms. The van der Waals surface area contributed by atoms with Crippen LogP contribution in [0.15, 0.2) is 37.0 Å². The maximum absolute atomic E-state index is 11.1. The SMILES string of the molecule is C=CNC(=O)c1ccc(Cl)cc1. The van der Waals surface area contributed by atoms with E-state index in [0.29, 0.717) is 10.6 Å². The summed E-state index contributed by atoms with van der Waals surface area (Å²) in [5, 5.41) is 3.08.